The molecule has 9 heteroatoms. The zero-order chi connectivity index (χ0) is 14.1. The number of rotatable bonds is 3. The maximum Gasteiger partial charge on any atom is 0.523 e. The molecule has 1 atom stereocenters. The van der Waals surface area contributed by atoms with Crippen molar-refractivity contribution in [1.82, 2.24) is 0 Å². The minimum Gasteiger partial charge on any atom is -0.467 e. The summed E-state index contributed by atoms with van der Waals surface area (Å²) in [7, 11) is -4.91. The highest BCUT2D eigenvalue weighted by Crippen LogP contribution is 2.31. The number of hydrogen-bond donors (Lipinski definition) is 0. The Morgan fingerprint density at radius 2 is 1.59 bits per heavy atom. The molecule has 0 spiro atoms. The molecule has 0 fully saturated rings. The molecular weight excluding hydrogens is 265 g/mol. The third-order valence-corrected chi connectivity index (χ3v) is 2.72. The van der Waals surface area contributed by atoms with Crippen molar-refractivity contribution < 1.29 is 35.3 Å². The summed E-state index contributed by atoms with van der Waals surface area (Å²) < 4.78 is 65.9. The van der Waals surface area contributed by atoms with Gasteiger partial charge in [0.05, 0.1) is 7.11 Å². The summed E-state index contributed by atoms with van der Waals surface area (Å²) in [6, 6.07) is 0. The van der Waals surface area contributed by atoms with E-state index < -0.39 is 33.1 Å². The van der Waals surface area contributed by atoms with E-state index in [4.69, 9.17) is 0 Å². The predicted molar refractivity (Wildman–Crippen MR) is 51.3 cm³/mol. The fourth-order valence-electron chi connectivity index (χ4n) is 0.825. The van der Waals surface area contributed by atoms with E-state index in [-0.39, 0.29) is 0 Å². The zero-order valence-electron chi connectivity index (χ0n) is 9.66. The van der Waals surface area contributed by atoms with E-state index >= 15 is 0 Å². The van der Waals surface area contributed by atoms with Crippen molar-refractivity contribution in [3.05, 3.63) is 0 Å². The molecule has 0 amide bonds. The molecule has 0 heterocycles. The van der Waals surface area contributed by atoms with Crippen molar-refractivity contribution in [2.45, 2.75) is 32.4 Å². The third kappa shape index (κ3) is 4.15. The molecule has 0 aliphatic heterocycles. The van der Waals surface area contributed by atoms with Crippen molar-refractivity contribution in [2.24, 2.45) is 5.41 Å². The second-order valence-electron chi connectivity index (χ2n) is 4.27. The average molecular weight is 278 g/mol. The van der Waals surface area contributed by atoms with Gasteiger partial charge in [-0.25, -0.2) is 8.98 Å². The summed E-state index contributed by atoms with van der Waals surface area (Å²) in [4.78, 5) is 11.2. The number of alkyl halides is 3. The summed E-state index contributed by atoms with van der Waals surface area (Å²) >= 11 is 0. The first-order valence-electron chi connectivity index (χ1n) is 4.40. The number of methoxy groups -OCH3 is 1. The molecule has 0 bridgehead atoms. The molecule has 1 unspecified atom stereocenters. The van der Waals surface area contributed by atoms with Crippen LogP contribution in [-0.4, -0.2) is 33.1 Å². The van der Waals surface area contributed by atoms with Gasteiger partial charge in [0, 0.05) is 5.41 Å². The maximum atomic E-state index is 12.1. The van der Waals surface area contributed by atoms with Crippen molar-refractivity contribution in [3.8, 4) is 0 Å². The number of carbonyl (C=O) groups excluding carboxylic acids is 1. The molecule has 0 saturated carbocycles. The lowest BCUT2D eigenvalue weighted by Crippen LogP contribution is -2.42. The van der Waals surface area contributed by atoms with E-state index in [1.54, 1.807) is 0 Å². The van der Waals surface area contributed by atoms with Gasteiger partial charge in [-0.3, -0.25) is 0 Å². The molecule has 0 aliphatic carbocycles. The second kappa shape index (κ2) is 4.81. The summed E-state index contributed by atoms with van der Waals surface area (Å²) in [5.41, 5.74) is -6.74. The Morgan fingerprint density at radius 3 is 1.82 bits per heavy atom. The first kappa shape index (κ1) is 16.2. The Kier molecular flexibility index (Phi) is 4.57. The molecule has 0 aromatic heterocycles. The lowest BCUT2D eigenvalue weighted by atomic mass is 9.89. The molecular formula is C8H13F3O5S. The number of carbonyl (C=O) groups is 1. The molecule has 0 rings (SSSR count). The fraction of sp³-hybridized carbons (Fsp3) is 0.875. The van der Waals surface area contributed by atoms with Gasteiger partial charge in [-0.2, -0.15) is 21.6 Å². The Bertz CT molecular complexity index is 379. The van der Waals surface area contributed by atoms with E-state index in [9.17, 15) is 26.4 Å². The monoisotopic (exact) mass is 278 g/mol. The van der Waals surface area contributed by atoms with E-state index in [1.165, 1.54) is 20.8 Å². The first-order valence-corrected chi connectivity index (χ1v) is 5.81. The van der Waals surface area contributed by atoms with Crippen LogP contribution < -0.4 is 0 Å². The van der Waals surface area contributed by atoms with Crippen LogP contribution in [-0.2, 0) is 23.8 Å². The van der Waals surface area contributed by atoms with Gasteiger partial charge in [0.2, 0.25) is 0 Å². The van der Waals surface area contributed by atoms with E-state index in [0.717, 1.165) is 7.11 Å². The van der Waals surface area contributed by atoms with Gasteiger partial charge < -0.3 is 4.74 Å². The average Bonchev–Trinajstić information content (AvgIpc) is 2.09. The van der Waals surface area contributed by atoms with Gasteiger partial charge in [-0.1, -0.05) is 20.8 Å². The summed E-state index contributed by atoms with van der Waals surface area (Å²) in [5, 5.41) is 0. The highest BCUT2D eigenvalue weighted by Gasteiger charge is 2.51. The van der Waals surface area contributed by atoms with Gasteiger partial charge in [0.1, 0.15) is 0 Å². The van der Waals surface area contributed by atoms with E-state index in [1.807, 2.05) is 0 Å². The van der Waals surface area contributed by atoms with E-state index in [0.29, 0.717) is 0 Å². The molecule has 0 aromatic rings. The quantitative estimate of drug-likeness (QED) is 0.444. The maximum absolute atomic E-state index is 12.1. The van der Waals surface area contributed by atoms with Crippen LogP contribution in [0.4, 0.5) is 13.2 Å². The minimum atomic E-state index is -5.84. The Balaban J connectivity index is 5.24. The van der Waals surface area contributed by atoms with Crippen molar-refractivity contribution in [3.63, 3.8) is 0 Å². The molecule has 0 aliphatic rings. The smallest absolute Gasteiger partial charge is 0.467 e. The van der Waals surface area contributed by atoms with Crippen molar-refractivity contribution in [1.29, 1.82) is 0 Å². The van der Waals surface area contributed by atoms with Crippen LogP contribution in [0.2, 0.25) is 0 Å². The minimum absolute atomic E-state index is 0.921. The molecule has 0 aromatic carbocycles. The number of halogens is 3. The van der Waals surface area contributed by atoms with Crippen LogP contribution in [0.1, 0.15) is 20.8 Å². The lowest BCUT2D eigenvalue weighted by Gasteiger charge is -2.27. The molecule has 0 radical (unpaired) electrons. The van der Waals surface area contributed by atoms with Gasteiger partial charge in [-0.15, -0.1) is 0 Å². The summed E-state index contributed by atoms with van der Waals surface area (Å²) in [5.74, 6) is -1.19. The van der Waals surface area contributed by atoms with Crippen molar-refractivity contribution in [2.75, 3.05) is 7.11 Å². The highest BCUT2D eigenvalue weighted by molar-refractivity contribution is 7.87. The SMILES string of the molecule is COC(=O)C(OS(=O)(=O)C(F)(F)F)C(C)(C)C. The summed E-state index contributed by atoms with van der Waals surface area (Å²) in [6.07, 6.45) is -1.86. The van der Waals surface area contributed by atoms with Crippen LogP contribution in [0.15, 0.2) is 0 Å². The Morgan fingerprint density at radius 1 is 1.18 bits per heavy atom. The van der Waals surface area contributed by atoms with Gasteiger partial charge in [0.25, 0.3) is 0 Å². The Labute approximate surface area is 97.0 Å². The van der Waals surface area contributed by atoms with Crippen LogP contribution in [0.25, 0.3) is 0 Å². The van der Waals surface area contributed by atoms with Crippen LogP contribution >= 0.6 is 0 Å². The Hall–Kier alpha value is -0.830. The largest absolute Gasteiger partial charge is 0.523 e. The molecule has 5 nitrogen and oxygen atoms in total. The first-order chi connectivity index (χ1) is 7.33. The zero-order valence-corrected chi connectivity index (χ0v) is 10.5. The topological polar surface area (TPSA) is 69.7 Å². The second-order valence-corrected chi connectivity index (χ2v) is 5.83. The van der Waals surface area contributed by atoms with Crippen LogP contribution in [0.3, 0.4) is 0 Å². The molecule has 0 N–H and O–H groups in total. The highest BCUT2D eigenvalue weighted by atomic mass is 32.2. The normalized spacial score (nSPS) is 15.5. The number of hydrogen-bond acceptors (Lipinski definition) is 5. The van der Waals surface area contributed by atoms with Crippen LogP contribution in [0, 0.1) is 5.41 Å². The van der Waals surface area contributed by atoms with Crippen LogP contribution in [0.5, 0.6) is 0 Å². The third-order valence-electron chi connectivity index (χ3n) is 1.71. The predicted octanol–water partition coefficient (Wildman–Crippen LogP) is 1.44. The van der Waals surface area contributed by atoms with Crippen molar-refractivity contribution >= 4 is 16.1 Å². The molecule has 102 valence electrons. The number of ether oxygens (including phenoxy) is 1. The van der Waals surface area contributed by atoms with Gasteiger partial charge >= 0.3 is 21.6 Å². The lowest BCUT2D eigenvalue weighted by molar-refractivity contribution is -0.154. The molecule has 0 saturated heterocycles. The standard InChI is InChI=1S/C8H13F3O5S/c1-7(2,3)5(6(12)15-4)16-17(13,14)8(9,10)11/h5H,1-4H3. The number of esters is 1. The van der Waals surface area contributed by atoms with Gasteiger partial charge in [0.15, 0.2) is 6.10 Å². The summed E-state index contributed by atoms with van der Waals surface area (Å²) in [6.45, 7) is 4.04. The van der Waals surface area contributed by atoms with Gasteiger partial charge in [-0.05, 0) is 0 Å². The molecule has 17 heavy (non-hydrogen) atoms. The fourth-order valence-corrected chi connectivity index (χ4v) is 1.56. The van der Waals surface area contributed by atoms with E-state index in [2.05, 4.69) is 8.92 Å².